The zero-order chi connectivity index (χ0) is 16.5. The third kappa shape index (κ3) is 3.19. The molecule has 0 amide bonds. The zero-order valence-electron chi connectivity index (χ0n) is 12.0. The molecule has 1 aromatic rings. The van der Waals surface area contributed by atoms with Crippen LogP contribution in [0.1, 0.15) is 18.1 Å². The number of nitro benzene ring substituents is 1. The number of benzene rings is 1. The van der Waals surface area contributed by atoms with Gasteiger partial charge in [0.2, 0.25) is 10.0 Å². The Balaban J connectivity index is 3.46. The smallest absolute Gasteiger partial charge is 0.321 e. The number of carboxylic acids is 1. The molecule has 1 N–H and O–H groups in total. The van der Waals surface area contributed by atoms with Crippen LogP contribution in [0.5, 0.6) is 0 Å². The Bertz CT molecular complexity index is 698. The summed E-state index contributed by atoms with van der Waals surface area (Å²) in [4.78, 5) is 20.9. The topological polar surface area (TPSA) is 118 Å². The highest BCUT2D eigenvalue weighted by Gasteiger charge is 2.31. The van der Waals surface area contributed by atoms with Gasteiger partial charge in [-0.1, -0.05) is 0 Å². The molecule has 0 aliphatic carbocycles. The Hall–Kier alpha value is -2.00. The Morgan fingerprint density at radius 3 is 2.33 bits per heavy atom. The SMILES string of the molecule is Cc1cc(S(=O)(=O)N(C)C(C)C(=O)O)cc([N+](=O)[O-])c1C. The molecular formula is C12H16N2O6S. The van der Waals surface area contributed by atoms with Crippen molar-refractivity contribution < 1.29 is 23.2 Å². The van der Waals surface area contributed by atoms with E-state index in [4.69, 9.17) is 5.11 Å². The lowest BCUT2D eigenvalue weighted by Crippen LogP contribution is -2.40. The average molecular weight is 316 g/mol. The number of carboxylic acid groups (broad SMARTS) is 1. The third-order valence-corrected chi connectivity index (χ3v) is 5.30. The maximum Gasteiger partial charge on any atom is 0.321 e. The lowest BCUT2D eigenvalue weighted by Gasteiger charge is -2.21. The molecule has 0 aromatic heterocycles. The summed E-state index contributed by atoms with van der Waals surface area (Å²) in [5, 5.41) is 19.9. The number of carbonyl (C=O) groups is 1. The van der Waals surface area contributed by atoms with E-state index in [-0.39, 0.29) is 10.6 Å². The first-order valence-electron chi connectivity index (χ1n) is 5.96. The fraction of sp³-hybridized carbons (Fsp3) is 0.417. The Morgan fingerprint density at radius 2 is 1.90 bits per heavy atom. The van der Waals surface area contributed by atoms with E-state index in [0.29, 0.717) is 15.4 Å². The molecule has 0 heterocycles. The zero-order valence-corrected chi connectivity index (χ0v) is 12.8. The average Bonchev–Trinajstić information content (AvgIpc) is 2.39. The number of aryl methyl sites for hydroxylation is 1. The van der Waals surface area contributed by atoms with Gasteiger partial charge in [0.05, 0.1) is 9.82 Å². The van der Waals surface area contributed by atoms with Crippen LogP contribution in [0.3, 0.4) is 0 Å². The van der Waals surface area contributed by atoms with Gasteiger partial charge >= 0.3 is 5.97 Å². The molecule has 1 unspecified atom stereocenters. The monoisotopic (exact) mass is 316 g/mol. The van der Waals surface area contributed by atoms with Crippen molar-refractivity contribution in [2.24, 2.45) is 0 Å². The minimum absolute atomic E-state index is 0.298. The molecule has 0 spiro atoms. The standard InChI is InChI=1S/C12H16N2O6S/c1-7-5-10(6-11(8(7)2)14(17)18)21(19,20)13(4)9(3)12(15)16/h5-6,9H,1-4H3,(H,15,16). The molecule has 0 bridgehead atoms. The van der Waals surface area contributed by atoms with E-state index in [9.17, 15) is 23.3 Å². The van der Waals surface area contributed by atoms with Crippen LogP contribution in [-0.4, -0.2) is 41.8 Å². The minimum Gasteiger partial charge on any atom is -0.480 e. The van der Waals surface area contributed by atoms with E-state index in [1.54, 1.807) is 6.92 Å². The number of nitro groups is 1. The highest BCUT2D eigenvalue weighted by Crippen LogP contribution is 2.27. The predicted molar refractivity (Wildman–Crippen MR) is 74.6 cm³/mol. The number of hydrogen-bond acceptors (Lipinski definition) is 5. The normalized spacial score (nSPS) is 13.2. The molecule has 0 aliphatic rings. The van der Waals surface area contributed by atoms with E-state index in [0.717, 1.165) is 13.1 Å². The lowest BCUT2D eigenvalue weighted by molar-refractivity contribution is -0.385. The predicted octanol–water partition coefficient (Wildman–Crippen LogP) is 1.31. The molecule has 0 saturated carbocycles. The fourth-order valence-corrected chi connectivity index (χ4v) is 3.10. The van der Waals surface area contributed by atoms with Gasteiger partial charge in [0.15, 0.2) is 0 Å². The first kappa shape index (κ1) is 17.1. The molecule has 0 saturated heterocycles. The molecule has 0 radical (unpaired) electrons. The van der Waals surface area contributed by atoms with Gasteiger partial charge in [0, 0.05) is 18.7 Å². The summed E-state index contributed by atoms with van der Waals surface area (Å²) < 4.78 is 25.4. The summed E-state index contributed by atoms with van der Waals surface area (Å²) in [6.45, 7) is 4.30. The van der Waals surface area contributed by atoms with E-state index in [1.165, 1.54) is 19.9 Å². The maximum atomic E-state index is 12.4. The van der Waals surface area contributed by atoms with Gasteiger partial charge in [-0.15, -0.1) is 0 Å². The van der Waals surface area contributed by atoms with Gasteiger partial charge in [0.25, 0.3) is 5.69 Å². The fourth-order valence-electron chi connectivity index (χ4n) is 1.68. The molecular weight excluding hydrogens is 300 g/mol. The van der Waals surface area contributed by atoms with Gasteiger partial charge in [-0.25, -0.2) is 8.42 Å². The first-order chi connectivity index (χ1) is 9.50. The Kier molecular flexibility index (Phi) is 4.69. The van der Waals surface area contributed by atoms with E-state index in [1.807, 2.05) is 0 Å². The van der Waals surface area contributed by atoms with Crippen molar-refractivity contribution in [1.29, 1.82) is 0 Å². The highest BCUT2D eigenvalue weighted by molar-refractivity contribution is 7.89. The summed E-state index contributed by atoms with van der Waals surface area (Å²) in [6, 6.07) is 0.960. The molecule has 1 rings (SSSR count). The molecule has 1 atom stereocenters. The summed E-state index contributed by atoms with van der Waals surface area (Å²) in [5.74, 6) is -1.31. The number of aliphatic carboxylic acids is 1. The maximum absolute atomic E-state index is 12.4. The van der Waals surface area contributed by atoms with Crippen LogP contribution in [0.4, 0.5) is 5.69 Å². The summed E-state index contributed by atoms with van der Waals surface area (Å²) >= 11 is 0. The van der Waals surface area contributed by atoms with Crippen LogP contribution in [0.2, 0.25) is 0 Å². The van der Waals surface area contributed by atoms with Crippen molar-refractivity contribution in [3.63, 3.8) is 0 Å². The van der Waals surface area contributed by atoms with Gasteiger partial charge in [-0.05, 0) is 32.4 Å². The van der Waals surface area contributed by atoms with E-state index < -0.39 is 27.0 Å². The van der Waals surface area contributed by atoms with Crippen molar-refractivity contribution >= 4 is 21.7 Å². The van der Waals surface area contributed by atoms with Gasteiger partial charge in [-0.2, -0.15) is 4.31 Å². The van der Waals surface area contributed by atoms with Crippen molar-refractivity contribution in [2.75, 3.05) is 7.05 Å². The highest BCUT2D eigenvalue weighted by atomic mass is 32.2. The van der Waals surface area contributed by atoms with Crippen LogP contribution in [0, 0.1) is 24.0 Å². The largest absolute Gasteiger partial charge is 0.480 e. The number of sulfonamides is 1. The van der Waals surface area contributed by atoms with Gasteiger partial charge in [0.1, 0.15) is 6.04 Å². The van der Waals surface area contributed by atoms with Gasteiger partial charge in [-0.3, -0.25) is 14.9 Å². The molecule has 0 fully saturated rings. The number of hydrogen-bond donors (Lipinski definition) is 1. The molecule has 1 aromatic carbocycles. The number of likely N-dealkylation sites (N-methyl/N-ethyl adjacent to an activating group) is 1. The summed E-state index contributed by atoms with van der Waals surface area (Å²) in [7, 11) is -3.01. The van der Waals surface area contributed by atoms with Crippen molar-refractivity contribution in [3.05, 3.63) is 33.4 Å². The molecule has 0 aliphatic heterocycles. The van der Waals surface area contributed by atoms with Crippen LogP contribution in [0.25, 0.3) is 0 Å². The quantitative estimate of drug-likeness (QED) is 0.646. The van der Waals surface area contributed by atoms with E-state index >= 15 is 0 Å². The second-order valence-corrected chi connectivity index (χ2v) is 6.67. The second-order valence-electron chi connectivity index (χ2n) is 4.68. The minimum atomic E-state index is -4.13. The lowest BCUT2D eigenvalue weighted by atomic mass is 10.1. The van der Waals surface area contributed by atoms with E-state index in [2.05, 4.69) is 0 Å². The molecule has 8 nitrogen and oxygen atoms in total. The number of rotatable bonds is 5. The first-order valence-corrected chi connectivity index (χ1v) is 7.40. The molecule has 9 heteroatoms. The van der Waals surface area contributed by atoms with Gasteiger partial charge < -0.3 is 5.11 Å². The third-order valence-electron chi connectivity index (χ3n) is 3.39. The van der Waals surface area contributed by atoms with Crippen LogP contribution < -0.4 is 0 Å². The summed E-state index contributed by atoms with van der Waals surface area (Å²) in [5.41, 5.74) is 0.497. The Labute approximate surface area is 122 Å². The van der Waals surface area contributed by atoms with Crippen LogP contribution >= 0.6 is 0 Å². The van der Waals surface area contributed by atoms with Crippen molar-refractivity contribution in [3.8, 4) is 0 Å². The second kappa shape index (κ2) is 5.78. The van der Waals surface area contributed by atoms with Crippen molar-refractivity contribution in [2.45, 2.75) is 31.7 Å². The Morgan fingerprint density at radius 1 is 1.38 bits per heavy atom. The summed E-state index contributed by atoms with van der Waals surface area (Å²) in [6.07, 6.45) is 0. The molecule has 21 heavy (non-hydrogen) atoms. The number of nitrogens with zero attached hydrogens (tertiary/aromatic N) is 2. The van der Waals surface area contributed by atoms with Crippen molar-refractivity contribution in [1.82, 2.24) is 4.31 Å². The molecule has 116 valence electrons. The van der Waals surface area contributed by atoms with Crippen LogP contribution in [-0.2, 0) is 14.8 Å². The van der Waals surface area contributed by atoms with Crippen LogP contribution in [0.15, 0.2) is 17.0 Å².